The summed E-state index contributed by atoms with van der Waals surface area (Å²) in [6.07, 6.45) is 7.73. The minimum Gasteiger partial charge on any atom is -0.303 e. The molecule has 0 aromatic heterocycles. The molecule has 0 heterocycles. The van der Waals surface area contributed by atoms with Gasteiger partial charge in [-0.2, -0.15) is 12.6 Å². The Balaban J connectivity index is 0. The van der Waals surface area contributed by atoms with Gasteiger partial charge in [0, 0.05) is 4.75 Å². The van der Waals surface area contributed by atoms with E-state index in [0.29, 0.717) is 4.75 Å². The van der Waals surface area contributed by atoms with Gasteiger partial charge in [0.1, 0.15) is 0 Å². The number of hydrogen-bond donors (Lipinski definition) is 4. The van der Waals surface area contributed by atoms with E-state index in [4.69, 9.17) is 31.9 Å². The summed E-state index contributed by atoms with van der Waals surface area (Å²) in [4.78, 5) is 21.6. The molecule has 16 heavy (non-hydrogen) atoms. The average molecular weight is 272 g/mol. The lowest BCUT2D eigenvalue weighted by molar-refractivity contribution is 0.275. The fourth-order valence-electron chi connectivity index (χ4n) is 1.31. The van der Waals surface area contributed by atoms with Crippen LogP contribution >= 0.6 is 20.5 Å². The molecule has 3 N–H and O–H groups in total. The van der Waals surface area contributed by atoms with Gasteiger partial charge in [-0.3, -0.25) is 0 Å². The summed E-state index contributed by atoms with van der Waals surface area (Å²) < 4.78 is 9.21. The van der Waals surface area contributed by atoms with E-state index in [-0.39, 0.29) is 0 Å². The largest absolute Gasteiger partial charge is 0.466 e. The number of hydrogen-bond acceptors (Lipinski definition) is 2. The van der Waals surface area contributed by atoms with Crippen LogP contribution in [-0.4, -0.2) is 19.4 Å². The van der Waals surface area contributed by atoms with Gasteiger partial charge in [-0.25, -0.2) is 4.57 Å². The van der Waals surface area contributed by atoms with Crippen LogP contribution in [0.15, 0.2) is 0 Å². The molecule has 0 aliphatic rings. The van der Waals surface area contributed by atoms with Gasteiger partial charge < -0.3 is 14.7 Å². The van der Waals surface area contributed by atoms with Crippen molar-refractivity contribution in [2.45, 2.75) is 64.0 Å². The van der Waals surface area contributed by atoms with Gasteiger partial charge in [-0.15, -0.1) is 0 Å². The van der Waals surface area contributed by atoms with Crippen LogP contribution in [0.5, 0.6) is 0 Å². The molecular formula is C10H25O4PS. The average Bonchev–Trinajstić information content (AvgIpc) is 2.15. The van der Waals surface area contributed by atoms with Crippen molar-refractivity contribution < 1.29 is 19.2 Å². The zero-order valence-electron chi connectivity index (χ0n) is 10.4. The third-order valence-electron chi connectivity index (χ3n) is 2.56. The molecule has 0 aliphatic heterocycles. The third kappa shape index (κ3) is 16.9. The van der Waals surface area contributed by atoms with Gasteiger partial charge in [0.2, 0.25) is 0 Å². The van der Waals surface area contributed by atoms with E-state index in [0.717, 1.165) is 0 Å². The van der Waals surface area contributed by atoms with Crippen LogP contribution in [0, 0.1) is 0 Å². The smallest absolute Gasteiger partial charge is 0.303 e. The van der Waals surface area contributed by atoms with Crippen LogP contribution < -0.4 is 0 Å². The predicted molar refractivity (Wildman–Crippen MR) is 70.7 cm³/mol. The van der Waals surface area contributed by atoms with Crippen molar-refractivity contribution in [3.63, 3.8) is 0 Å². The molecular weight excluding hydrogens is 247 g/mol. The van der Waals surface area contributed by atoms with E-state index in [1.165, 1.54) is 38.5 Å². The normalized spacial score (nSPS) is 11.9. The summed E-state index contributed by atoms with van der Waals surface area (Å²) in [6, 6.07) is 0. The molecule has 0 spiro atoms. The van der Waals surface area contributed by atoms with Crippen LogP contribution in [0.2, 0.25) is 0 Å². The van der Waals surface area contributed by atoms with Crippen LogP contribution in [0.3, 0.4) is 0 Å². The standard InChI is InChI=1S/C10H22S.H3O4P/c1-4-7-8-9-10(11,5-2)6-3;1-5(2,3)4/h11H,4-9H2,1-3H3;(H3,1,2,3,4). The number of thiol groups is 1. The first-order chi connectivity index (χ1) is 7.18. The lowest BCUT2D eigenvalue weighted by Crippen LogP contribution is -2.18. The molecule has 0 saturated heterocycles. The van der Waals surface area contributed by atoms with Crippen molar-refractivity contribution in [3.8, 4) is 0 Å². The maximum atomic E-state index is 8.88. The molecule has 0 aromatic rings. The molecule has 0 bridgehead atoms. The van der Waals surface area contributed by atoms with Crippen molar-refractivity contribution >= 4 is 20.5 Å². The van der Waals surface area contributed by atoms with Crippen molar-refractivity contribution in [3.05, 3.63) is 0 Å². The highest BCUT2D eigenvalue weighted by molar-refractivity contribution is 7.81. The van der Waals surface area contributed by atoms with Crippen LogP contribution in [0.1, 0.15) is 59.3 Å². The summed E-state index contributed by atoms with van der Waals surface area (Å²) in [5, 5.41) is 0. The molecule has 6 heteroatoms. The number of rotatable bonds is 6. The zero-order valence-corrected chi connectivity index (χ0v) is 12.2. The van der Waals surface area contributed by atoms with E-state index in [1.54, 1.807) is 0 Å². The number of unbranched alkanes of at least 4 members (excludes halogenated alkanes) is 2. The first-order valence-electron chi connectivity index (χ1n) is 5.69. The first-order valence-corrected chi connectivity index (χ1v) is 7.70. The van der Waals surface area contributed by atoms with Crippen molar-refractivity contribution in [1.29, 1.82) is 0 Å². The molecule has 100 valence electrons. The quantitative estimate of drug-likeness (QED) is 0.340. The fourth-order valence-corrected chi connectivity index (χ4v) is 1.47. The minimum absolute atomic E-state index is 0.329. The molecule has 4 nitrogen and oxygen atoms in total. The Hall–Kier alpha value is 0.460. The minimum atomic E-state index is -4.64. The van der Waals surface area contributed by atoms with E-state index in [9.17, 15) is 0 Å². The molecule has 0 amide bonds. The molecule has 0 unspecified atom stereocenters. The molecule has 0 saturated carbocycles. The summed E-state index contributed by atoms with van der Waals surface area (Å²) in [6.45, 7) is 6.73. The Morgan fingerprint density at radius 1 is 1.06 bits per heavy atom. The van der Waals surface area contributed by atoms with Gasteiger partial charge in [-0.05, 0) is 19.3 Å². The maximum absolute atomic E-state index is 8.88. The van der Waals surface area contributed by atoms with Gasteiger partial charge in [-0.1, -0.05) is 40.0 Å². The fraction of sp³-hybridized carbons (Fsp3) is 1.00. The maximum Gasteiger partial charge on any atom is 0.466 e. The summed E-state index contributed by atoms with van der Waals surface area (Å²) >= 11 is 4.69. The predicted octanol–water partition coefficient (Wildman–Crippen LogP) is 3.13. The van der Waals surface area contributed by atoms with Gasteiger partial charge in [0.25, 0.3) is 0 Å². The Morgan fingerprint density at radius 2 is 1.44 bits per heavy atom. The Morgan fingerprint density at radius 3 is 1.69 bits per heavy atom. The van der Waals surface area contributed by atoms with Gasteiger partial charge in [0.15, 0.2) is 0 Å². The van der Waals surface area contributed by atoms with E-state index in [2.05, 4.69) is 20.8 Å². The monoisotopic (exact) mass is 272 g/mol. The lowest BCUT2D eigenvalue weighted by atomic mass is 9.95. The second-order valence-corrected chi connectivity index (χ2v) is 5.88. The molecule has 0 radical (unpaired) electrons. The Labute approximate surface area is 104 Å². The van der Waals surface area contributed by atoms with Crippen LogP contribution in [0.25, 0.3) is 0 Å². The topological polar surface area (TPSA) is 77.8 Å². The zero-order chi connectivity index (χ0) is 13.2. The van der Waals surface area contributed by atoms with Crippen molar-refractivity contribution in [2.24, 2.45) is 0 Å². The van der Waals surface area contributed by atoms with E-state index >= 15 is 0 Å². The highest BCUT2D eigenvalue weighted by Crippen LogP contribution is 2.29. The highest BCUT2D eigenvalue weighted by Gasteiger charge is 2.19. The first kappa shape index (κ1) is 18.8. The van der Waals surface area contributed by atoms with Crippen LogP contribution in [0.4, 0.5) is 0 Å². The SMILES string of the molecule is CCCCCC(S)(CC)CC.O=P(O)(O)O. The molecule has 0 aliphatic carbocycles. The van der Waals surface area contributed by atoms with E-state index < -0.39 is 7.82 Å². The van der Waals surface area contributed by atoms with Crippen LogP contribution in [-0.2, 0) is 4.57 Å². The Bertz CT molecular complexity index is 193. The van der Waals surface area contributed by atoms with Gasteiger partial charge >= 0.3 is 7.82 Å². The summed E-state index contributed by atoms with van der Waals surface area (Å²) in [5.74, 6) is 0. The molecule has 0 fully saturated rings. The molecule has 0 rings (SSSR count). The summed E-state index contributed by atoms with van der Waals surface area (Å²) in [5.41, 5.74) is 0. The highest BCUT2D eigenvalue weighted by atomic mass is 32.1. The molecule has 0 atom stereocenters. The van der Waals surface area contributed by atoms with Crippen molar-refractivity contribution in [2.75, 3.05) is 0 Å². The second kappa shape index (κ2) is 9.49. The third-order valence-corrected chi connectivity index (χ3v) is 3.42. The van der Waals surface area contributed by atoms with Gasteiger partial charge in [0.05, 0.1) is 0 Å². The second-order valence-electron chi connectivity index (χ2n) is 3.90. The van der Waals surface area contributed by atoms with E-state index in [1.807, 2.05) is 0 Å². The lowest BCUT2D eigenvalue weighted by Gasteiger charge is -2.25. The Kier molecular flexibility index (Phi) is 11.2. The van der Waals surface area contributed by atoms with Crippen molar-refractivity contribution in [1.82, 2.24) is 0 Å². The number of phosphoric acid groups is 1. The summed E-state index contributed by atoms with van der Waals surface area (Å²) in [7, 11) is -4.64. The molecule has 0 aromatic carbocycles.